The van der Waals surface area contributed by atoms with E-state index in [0.29, 0.717) is 18.4 Å². The van der Waals surface area contributed by atoms with Crippen LogP contribution in [0.25, 0.3) is 0 Å². The molecule has 0 aliphatic carbocycles. The first-order valence-corrected chi connectivity index (χ1v) is 6.51. The van der Waals surface area contributed by atoms with Crippen LogP contribution in [0.1, 0.15) is 42.2 Å². The van der Waals surface area contributed by atoms with Crippen LogP contribution in [0, 0.1) is 5.92 Å². The number of aromatic nitrogens is 2. The van der Waals surface area contributed by atoms with Crippen molar-refractivity contribution in [3.8, 4) is 0 Å². The molecule has 2 bridgehead atoms. The van der Waals surface area contributed by atoms with Crippen LogP contribution in [0.3, 0.4) is 0 Å². The summed E-state index contributed by atoms with van der Waals surface area (Å²) in [6.07, 6.45) is 2.36. The van der Waals surface area contributed by atoms with E-state index >= 15 is 0 Å². The molecule has 1 unspecified atom stereocenters. The van der Waals surface area contributed by atoms with Gasteiger partial charge >= 0.3 is 5.97 Å². The Kier molecular flexibility index (Phi) is 3.03. The third kappa shape index (κ3) is 2.01. The second kappa shape index (κ2) is 4.68. The monoisotopic (exact) mass is 251 g/mol. The first-order valence-electron chi connectivity index (χ1n) is 6.51. The lowest BCUT2D eigenvalue weighted by molar-refractivity contribution is 0.0508. The fraction of sp³-hybridized carbons (Fsp3) is 0.750. The molecule has 1 aromatic heterocycles. The summed E-state index contributed by atoms with van der Waals surface area (Å²) >= 11 is 0. The van der Waals surface area contributed by atoms with Crippen LogP contribution >= 0.6 is 0 Å². The van der Waals surface area contributed by atoms with Crippen molar-refractivity contribution in [2.45, 2.75) is 25.7 Å². The van der Waals surface area contributed by atoms with E-state index in [1.807, 2.05) is 0 Å². The Bertz CT molecular complexity index is 438. The van der Waals surface area contributed by atoms with Gasteiger partial charge in [0.2, 0.25) is 5.89 Å². The predicted octanol–water partition coefficient (Wildman–Crippen LogP) is 1.06. The van der Waals surface area contributed by atoms with Crippen molar-refractivity contribution >= 4 is 5.97 Å². The summed E-state index contributed by atoms with van der Waals surface area (Å²) in [4.78, 5) is 18.1. The molecule has 3 fully saturated rings. The van der Waals surface area contributed by atoms with Gasteiger partial charge in [-0.25, -0.2) is 4.79 Å². The molecule has 0 radical (unpaired) electrons. The van der Waals surface area contributed by atoms with E-state index in [4.69, 9.17) is 9.26 Å². The molecule has 0 N–H and O–H groups in total. The van der Waals surface area contributed by atoms with Gasteiger partial charge in [0.05, 0.1) is 12.5 Å². The molecule has 6 nitrogen and oxygen atoms in total. The summed E-state index contributed by atoms with van der Waals surface area (Å²) < 4.78 is 10.1. The van der Waals surface area contributed by atoms with Crippen molar-refractivity contribution in [3.63, 3.8) is 0 Å². The molecule has 98 valence electrons. The number of ether oxygens (including phenoxy) is 1. The number of esters is 1. The number of piperidine rings is 3. The molecule has 4 rings (SSSR count). The number of hydrogen-bond donors (Lipinski definition) is 0. The van der Waals surface area contributed by atoms with Crippen molar-refractivity contribution in [3.05, 3.63) is 11.7 Å². The van der Waals surface area contributed by atoms with Gasteiger partial charge in [-0.3, -0.25) is 0 Å². The molecule has 0 aromatic carbocycles. The van der Waals surface area contributed by atoms with Gasteiger partial charge in [0.15, 0.2) is 0 Å². The highest BCUT2D eigenvalue weighted by atomic mass is 16.5. The zero-order valence-corrected chi connectivity index (χ0v) is 10.5. The fourth-order valence-electron chi connectivity index (χ4n) is 2.91. The third-order valence-electron chi connectivity index (χ3n) is 3.87. The molecule has 0 spiro atoms. The quantitative estimate of drug-likeness (QED) is 0.748. The van der Waals surface area contributed by atoms with E-state index in [0.717, 1.165) is 6.54 Å². The molecule has 3 aliphatic heterocycles. The van der Waals surface area contributed by atoms with Crippen molar-refractivity contribution in [2.24, 2.45) is 5.92 Å². The SMILES string of the molecule is CCOC(=O)c1noc(C2CN3CCC2CC3)n1. The minimum absolute atomic E-state index is 0.0447. The van der Waals surface area contributed by atoms with Gasteiger partial charge < -0.3 is 14.2 Å². The zero-order valence-electron chi connectivity index (χ0n) is 10.5. The topological polar surface area (TPSA) is 68.5 Å². The van der Waals surface area contributed by atoms with Gasteiger partial charge in [-0.05, 0) is 43.9 Å². The van der Waals surface area contributed by atoms with Crippen LogP contribution < -0.4 is 0 Å². The van der Waals surface area contributed by atoms with Crippen LogP contribution in [0.15, 0.2) is 4.52 Å². The number of carbonyl (C=O) groups is 1. The van der Waals surface area contributed by atoms with Gasteiger partial charge in [-0.2, -0.15) is 4.98 Å². The molecular formula is C12H17N3O3. The third-order valence-corrected chi connectivity index (χ3v) is 3.87. The molecular weight excluding hydrogens is 234 g/mol. The highest BCUT2D eigenvalue weighted by molar-refractivity contribution is 5.84. The summed E-state index contributed by atoms with van der Waals surface area (Å²) in [5, 5.41) is 3.71. The van der Waals surface area contributed by atoms with Crippen molar-refractivity contribution in [2.75, 3.05) is 26.2 Å². The van der Waals surface area contributed by atoms with Crippen molar-refractivity contribution in [1.29, 1.82) is 0 Å². The average Bonchev–Trinajstić information content (AvgIpc) is 2.90. The summed E-state index contributed by atoms with van der Waals surface area (Å²) in [6.45, 7) is 5.38. The lowest BCUT2D eigenvalue weighted by Gasteiger charge is -2.43. The number of fused-ring (bicyclic) bond motifs is 3. The van der Waals surface area contributed by atoms with Gasteiger partial charge in [0.1, 0.15) is 0 Å². The first-order chi connectivity index (χ1) is 8.78. The predicted molar refractivity (Wildman–Crippen MR) is 62.2 cm³/mol. The normalized spacial score (nSPS) is 30.4. The van der Waals surface area contributed by atoms with E-state index in [1.54, 1.807) is 6.92 Å². The van der Waals surface area contributed by atoms with Gasteiger partial charge in [0.25, 0.3) is 5.82 Å². The zero-order chi connectivity index (χ0) is 12.5. The standard InChI is InChI=1S/C12H17N3O3/c1-2-17-12(16)10-13-11(18-14-10)9-7-15-5-3-8(9)4-6-15/h8-9H,2-7H2,1H3. The lowest BCUT2D eigenvalue weighted by Crippen LogP contribution is -2.46. The average molecular weight is 251 g/mol. The minimum atomic E-state index is -0.506. The van der Waals surface area contributed by atoms with Crippen LogP contribution in [-0.4, -0.2) is 47.3 Å². The van der Waals surface area contributed by atoms with Crippen LogP contribution in [-0.2, 0) is 4.74 Å². The first kappa shape index (κ1) is 11.6. The van der Waals surface area contributed by atoms with Gasteiger partial charge in [-0.1, -0.05) is 0 Å². The second-order valence-corrected chi connectivity index (χ2v) is 4.92. The number of carbonyl (C=O) groups excluding carboxylic acids is 1. The van der Waals surface area contributed by atoms with Crippen molar-refractivity contribution in [1.82, 2.24) is 15.0 Å². The number of rotatable bonds is 3. The molecule has 4 heterocycles. The molecule has 1 aromatic rings. The number of nitrogens with zero attached hydrogens (tertiary/aromatic N) is 3. The van der Waals surface area contributed by atoms with Crippen molar-refractivity contribution < 1.29 is 14.1 Å². The maximum absolute atomic E-state index is 11.5. The highest BCUT2D eigenvalue weighted by Crippen LogP contribution is 2.38. The van der Waals surface area contributed by atoms with Gasteiger partial charge in [-0.15, -0.1) is 0 Å². The largest absolute Gasteiger partial charge is 0.460 e. The molecule has 6 heteroatoms. The maximum atomic E-state index is 11.5. The molecule has 0 saturated carbocycles. The summed E-state index contributed by atoms with van der Waals surface area (Å²) in [5.74, 6) is 1.03. The highest BCUT2D eigenvalue weighted by Gasteiger charge is 2.38. The molecule has 3 aliphatic rings. The lowest BCUT2D eigenvalue weighted by atomic mass is 9.79. The van der Waals surface area contributed by atoms with Crippen LogP contribution in [0.4, 0.5) is 0 Å². The van der Waals surface area contributed by atoms with E-state index < -0.39 is 5.97 Å². The summed E-state index contributed by atoms with van der Waals surface area (Å²) in [7, 11) is 0. The molecule has 0 amide bonds. The van der Waals surface area contributed by atoms with E-state index in [2.05, 4.69) is 15.0 Å². The van der Waals surface area contributed by atoms with E-state index in [9.17, 15) is 4.79 Å². The summed E-state index contributed by atoms with van der Waals surface area (Å²) in [5.41, 5.74) is 0. The smallest absolute Gasteiger partial charge is 0.379 e. The molecule has 18 heavy (non-hydrogen) atoms. The minimum Gasteiger partial charge on any atom is -0.460 e. The Morgan fingerprint density at radius 2 is 2.28 bits per heavy atom. The second-order valence-electron chi connectivity index (χ2n) is 4.92. The fourth-order valence-corrected chi connectivity index (χ4v) is 2.91. The van der Waals surface area contributed by atoms with Crippen LogP contribution in [0.2, 0.25) is 0 Å². The molecule has 1 atom stereocenters. The Morgan fingerprint density at radius 3 is 2.89 bits per heavy atom. The maximum Gasteiger partial charge on any atom is 0.379 e. The van der Waals surface area contributed by atoms with E-state index in [-0.39, 0.29) is 11.7 Å². The summed E-state index contributed by atoms with van der Waals surface area (Å²) in [6, 6.07) is 0. The van der Waals surface area contributed by atoms with E-state index in [1.165, 1.54) is 25.9 Å². The molecule has 3 saturated heterocycles. The Labute approximate surface area is 105 Å². The number of hydrogen-bond acceptors (Lipinski definition) is 6. The van der Waals surface area contributed by atoms with Gasteiger partial charge in [0, 0.05) is 6.54 Å². The Hall–Kier alpha value is -1.43. The Balaban J connectivity index is 1.75. The van der Waals surface area contributed by atoms with Crippen LogP contribution in [0.5, 0.6) is 0 Å². The Morgan fingerprint density at radius 1 is 1.50 bits per heavy atom.